The molecule has 0 aliphatic heterocycles. The number of aryl methyl sites for hydroxylation is 2. The number of benzene rings is 1. The smallest absolute Gasteiger partial charge is 0.313 e. The van der Waals surface area contributed by atoms with Gasteiger partial charge in [0, 0.05) is 23.4 Å². The van der Waals surface area contributed by atoms with Crippen molar-refractivity contribution in [1.29, 1.82) is 0 Å². The molecule has 1 atom stereocenters. The van der Waals surface area contributed by atoms with Gasteiger partial charge in [-0.2, -0.15) is 0 Å². The number of carbonyl (C=O) groups is 2. The zero-order chi connectivity index (χ0) is 20.0. The number of aliphatic hydroxyl groups is 1. The first-order valence-corrected chi connectivity index (χ1v) is 8.49. The Morgan fingerprint density at radius 2 is 1.93 bits per heavy atom. The maximum Gasteiger partial charge on any atom is 0.313 e. The Hall–Kier alpha value is -2.86. The fourth-order valence-electron chi connectivity index (χ4n) is 2.73. The van der Waals surface area contributed by atoms with E-state index in [2.05, 4.69) is 9.72 Å². The van der Waals surface area contributed by atoms with Crippen LogP contribution < -0.4 is 0 Å². The maximum atomic E-state index is 13.2. The highest BCUT2D eigenvalue weighted by Crippen LogP contribution is 2.28. The lowest BCUT2D eigenvalue weighted by Crippen LogP contribution is -2.15. The number of Topliss-reactive ketones (excluding diaryl/α,β-unsaturated/α-hetero) is 1. The molecule has 0 saturated heterocycles. The average molecular weight is 371 g/mol. The summed E-state index contributed by atoms with van der Waals surface area (Å²) < 4.78 is 17.7. The molecule has 6 heteroatoms. The van der Waals surface area contributed by atoms with Crippen molar-refractivity contribution in [1.82, 2.24) is 4.98 Å². The van der Waals surface area contributed by atoms with Gasteiger partial charge in [-0.05, 0) is 43.2 Å². The van der Waals surface area contributed by atoms with Crippen LogP contribution in [0.1, 0.15) is 29.8 Å². The van der Waals surface area contributed by atoms with Crippen LogP contribution in [0.15, 0.2) is 36.4 Å². The maximum absolute atomic E-state index is 13.2. The second-order valence-electron chi connectivity index (χ2n) is 6.24. The van der Waals surface area contributed by atoms with Gasteiger partial charge in [0.15, 0.2) is 0 Å². The monoisotopic (exact) mass is 371 g/mol. The van der Waals surface area contributed by atoms with Crippen molar-refractivity contribution in [3.05, 3.63) is 59.2 Å². The number of carbonyl (C=O) groups excluding carboxylic acids is 2. The van der Waals surface area contributed by atoms with Gasteiger partial charge >= 0.3 is 5.97 Å². The van der Waals surface area contributed by atoms with Crippen molar-refractivity contribution >= 4 is 17.8 Å². The minimum absolute atomic E-state index is 0.185. The number of rotatable bonds is 7. The number of nitrogens with zero attached hydrogens (tertiary/aromatic N) is 1. The van der Waals surface area contributed by atoms with Gasteiger partial charge in [0.1, 0.15) is 18.0 Å². The molecule has 27 heavy (non-hydrogen) atoms. The van der Waals surface area contributed by atoms with Crippen LogP contribution in [0.2, 0.25) is 0 Å². The van der Waals surface area contributed by atoms with Crippen molar-refractivity contribution < 1.29 is 23.8 Å². The van der Waals surface area contributed by atoms with Gasteiger partial charge in [-0.1, -0.05) is 24.3 Å². The molecule has 0 radical (unpaired) electrons. The van der Waals surface area contributed by atoms with E-state index in [1.165, 1.54) is 25.3 Å². The molecule has 0 spiro atoms. The molecule has 2 aromatic rings. The lowest BCUT2D eigenvalue weighted by atomic mass is 9.97. The fourth-order valence-corrected chi connectivity index (χ4v) is 2.73. The Morgan fingerprint density at radius 3 is 2.56 bits per heavy atom. The Morgan fingerprint density at radius 1 is 1.26 bits per heavy atom. The SMILES string of the molecule is COC(=O)CC(=O)CC(O)/C=C/c1c(-c2ccc(F)cc2)cc(C)nc1C. The first-order valence-electron chi connectivity index (χ1n) is 8.49. The van der Waals surface area contributed by atoms with Gasteiger partial charge in [0.2, 0.25) is 0 Å². The van der Waals surface area contributed by atoms with E-state index in [1.807, 2.05) is 19.9 Å². The lowest BCUT2D eigenvalue weighted by Gasteiger charge is -2.12. The van der Waals surface area contributed by atoms with Gasteiger partial charge in [-0.25, -0.2) is 4.39 Å². The molecule has 0 fully saturated rings. The van der Waals surface area contributed by atoms with E-state index in [-0.39, 0.29) is 18.7 Å². The zero-order valence-electron chi connectivity index (χ0n) is 15.5. The van der Waals surface area contributed by atoms with Crippen molar-refractivity contribution in [3.8, 4) is 11.1 Å². The lowest BCUT2D eigenvalue weighted by molar-refractivity contribution is -0.143. The van der Waals surface area contributed by atoms with Crippen LogP contribution in [0, 0.1) is 19.7 Å². The minimum atomic E-state index is -1.04. The molecule has 5 nitrogen and oxygen atoms in total. The summed E-state index contributed by atoms with van der Waals surface area (Å²) in [7, 11) is 1.20. The number of methoxy groups -OCH3 is 1. The van der Waals surface area contributed by atoms with Crippen LogP contribution >= 0.6 is 0 Å². The summed E-state index contributed by atoms with van der Waals surface area (Å²) in [6, 6.07) is 8.01. The average Bonchev–Trinajstić information content (AvgIpc) is 2.60. The summed E-state index contributed by atoms with van der Waals surface area (Å²) in [6.07, 6.45) is 1.59. The number of aliphatic hydroxyl groups excluding tert-OH is 1. The highest BCUT2D eigenvalue weighted by molar-refractivity contribution is 5.95. The van der Waals surface area contributed by atoms with Gasteiger partial charge in [0.25, 0.3) is 0 Å². The molecule has 1 aromatic heterocycles. The third-order valence-corrected chi connectivity index (χ3v) is 4.02. The highest BCUT2D eigenvalue weighted by atomic mass is 19.1. The number of halogens is 1. The first-order chi connectivity index (χ1) is 12.8. The van der Waals surface area contributed by atoms with E-state index in [0.29, 0.717) is 0 Å². The van der Waals surface area contributed by atoms with Crippen LogP contribution in [0.25, 0.3) is 17.2 Å². The third-order valence-electron chi connectivity index (χ3n) is 4.02. The van der Waals surface area contributed by atoms with E-state index < -0.39 is 17.9 Å². The predicted molar refractivity (Wildman–Crippen MR) is 100 cm³/mol. The summed E-state index contributed by atoms with van der Waals surface area (Å²) in [6.45, 7) is 3.71. The molecule has 0 bridgehead atoms. The number of ether oxygens (including phenoxy) is 1. The number of hydrogen-bond acceptors (Lipinski definition) is 5. The number of ketones is 1. The molecule has 0 aliphatic carbocycles. The second kappa shape index (κ2) is 9.19. The molecule has 1 aromatic carbocycles. The van der Waals surface area contributed by atoms with E-state index in [9.17, 15) is 19.1 Å². The van der Waals surface area contributed by atoms with E-state index in [0.717, 1.165) is 28.1 Å². The van der Waals surface area contributed by atoms with Crippen LogP contribution in [0.5, 0.6) is 0 Å². The van der Waals surface area contributed by atoms with Crippen molar-refractivity contribution in [2.75, 3.05) is 7.11 Å². The molecule has 1 N–H and O–H groups in total. The van der Waals surface area contributed by atoms with Gasteiger partial charge in [-0.3, -0.25) is 14.6 Å². The molecule has 0 amide bonds. The first kappa shape index (κ1) is 20.5. The molecule has 0 aliphatic rings. The van der Waals surface area contributed by atoms with Crippen LogP contribution in [-0.2, 0) is 14.3 Å². The molecular weight excluding hydrogens is 349 g/mol. The fraction of sp³-hybridized carbons (Fsp3) is 0.286. The van der Waals surface area contributed by atoms with E-state index >= 15 is 0 Å². The quantitative estimate of drug-likeness (QED) is 0.596. The molecule has 2 rings (SSSR count). The van der Waals surface area contributed by atoms with E-state index in [4.69, 9.17) is 0 Å². The second-order valence-corrected chi connectivity index (χ2v) is 6.24. The summed E-state index contributed by atoms with van der Waals surface area (Å²) >= 11 is 0. The topological polar surface area (TPSA) is 76.5 Å². The van der Waals surface area contributed by atoms with Gasteiger partial charge in [-0.15, -0.1) is 0 Å². The summed E-state index contributed by atoms with van der Waals surface area (Å²) in [5.74, 6) is -1.36. The van der Waals surface area contributed by atoms with Crippen LogP contribution in [0.4, 0.5) is 4.39 Å². The van der Waals surface area contributed by atoms with Crippen molar-refractivity contribution in [3.63, 3.8) is 0 Å². The number of aromatic nitrogens is 1. The van der Waals surface area contributed by atoms with Crippen LogP contribution in [-0.4, -0.2) is 35.1 Å². The Bertz CT molecular complexity index is 859. The summed E-state index contributed by atoms with van der Waals surface area (Å²) in [5, 5.41) is 10.1. The van der Waals surface area contributed by atoms with Crippen molar-refractivity contribution in [2.24, 2.45) is 0 Å². The number of esters is 1. The molecule has 1 heterocycles. The van der Waals surface area contributed by atoms with Crippen molar-refractivity contribution in [2.45, 2.75) is 32.8 Å². The largest absolute Gasteiger partial charge is 0.469 e. The normalized spacial score (nSPS) is 12.2. The summed E-state index contributed by atoms with van der Waals surface area (Å²) in [4.78, 5) is 27.3. The number of hydrogen-bond donors (Lipinski definition) is 1. The standard InChI is InChI=1S/C21H22FNO4/c1-13-10-20(15-4-6-16(22)7-5-15)19(14(2)23-13)9-8-17(24)11-18(25)12-21(26)27-3/h4-10,17,24H,11-12H2,1-3H3/b9-8+. The Labute approximate surface area is 157 Å². The molecule has 1 unspecified atom stereocenters. The van der Waals surface area contributed by atoms with E-state index in [1.54, 1.807) is 18.2 Å². The predicted octanol–water partition coefficient (Wildman–Crippen LogP) is 3.40. The molecule has 142 valence electrons. The minimum Gasteiger partial charge on any atom is -0.469 e. The molecule has 0 saturated carbocycles. The summed E-state index contributed by atoms with van der Waals surface area (Å²) in [5.41, 5.74) is 4.01. The Balaban J connectivity index is 2.24. The number of pyridine rings is 1. The Kier molecular flexibility index (Phi) is 6.96. The third kappa shape index (κ3) is 5.82. The van der Waals surface area contributed by atoms with Crippen LogP contribution in [0.3, 0.4) is 0 Å². The zero-order valence-corrected chi connectivity index (χ0v) is 15.5. The van der Waals surface area contributed by atoms with Gasteiger partial charge in [0.05, 0.1) is 13.2 Å². The highest BCUT2D eigenvalue weighted by Gasteiger charge is 2.14. The van der Waals surface area contributed by atoms with Gasteiger partial charge < -0.3 is 9.84 Å². The molecular formula is C21H22FNO4.